The van der Waals surface area contributed by atoms with E-state index in [1.54, 1.807) is 30.3 Å². The second-order valence-electron chi connectivity index (χ2n) is 6.45. The molecule has 7 nitrogen and oxygen atoms in total. The highest BCUT2D eigenvalue weighted by Gasteiger charge is 2.24. The van der Waals surface area contributed by atoms with Crippen molar-refractivity contribution in [2.45, 2.75) is 0 Å². The van der Waals surface area contributed by atoms with Gasteiger partial charge in [0.2, 0.25) is 5.78 Å². The molecule has 1 N–H and O–H groups in total. The summed E-state index contributed by atoms with van der Waals surface area (Å²) < 4.78 is 6.13. The Morgan fingerprint density at radius 1 is 0.933 bits per heavy atom. The first-order valence-electron chi connectivity index (χ1n) is 9.12. The summed E-state index contributed by atoms with van der Waals surface area (Å²) in [7, 11) is 1.24. The molecule has 1 heterocycles. The van der Waals surface area contributed by atoms with Gasteiger partial charge in [0.05, 0.1) is 12.8 Å². The molecular formula is C23H17N3O4. The second-order valence-corrected chi connectivity index (χ2v) is 6.45. The number of phenols is 1. The van der Waals surface area contributed by atoms with Crippen LogP contribution < -0.4 is 0 Å². The van der Waals surface area contributed by atoms with Crippen LogP contribution in [0.1, 0.15) is 26.4 Å². The molecule has 3 aromatic carbocycles. The van der Waals surface area contributed by atoms with Crippen LogP contribution in [0.5, 0.6) is 5.75 Å². The summed E-state index contributed by atoms with van der Waals surface area (Å²) in [5.41, 5.74) is 2.37. The standard InChI is InChI=1S/C23H17N3O4/c1-30-23(29)18-13-12-17(14-19(18)27)26-21(15-8-4-2-5-9-15)20(24-25-26)22(28)16-10-6-3-7-11-16/h2-14,27H,1H3. The number of hydrogen-bond acceptors (Lipinski definition) is 6. The Kier molecular flexibility index (Phi) is 5.09. The van der Waals surface area contributed by atoms with Crippen molar-refractivity contribution in [3.05, 3.63) is 95.7 Å². The maximum absolute atomic E-state index is 13.1. The lowest BCUT2D eigenvalue weighted by molar-refractivity contribution is 0.0597. The highest BCUT2D eigenvalue weighted by Crippen LogP contribution is 2.29. The molecule has 0 amide bonds. The molecule has 0 saturated heterocycles. The number of benzene rings is 3. The van der Waals surface area contributed by atoms with Crippen LogP contribution in [0.25, 0.3) is 16.9 Å². The minimum absolute atomic E-state index is 0.0308. The van der Waals surface area contributed by atoms with E-state index in [2.05, 4.69) is 15.0 Å². The topological polar surface area (TPSA) is 94.3 Å². The van der Waals surface area contributed by atoms with Crippen LogP contribution in [-0.2, 0) is 4.74 Å². The number of nitrogens with zero attached hydrogens (tertiary/aromatic N) is 3. The third kappa shape index (κ3) is 3.44. The number of ether oxygens (including phenoxy) is 1. The van der Waals surface area contributed by atoms with Crippen LogP contribution in [-0.4, -0.2) is 39.0 Å². The first kappa shape index (κ1) is 19.1. The molecule has 4 aromatic rings. The van der Waals surface area contributed by atoms with Crippen molar-refractivity contribution >= 4 is 11.8 Å². The Labute approximate surface area is 172 Å². The fraction of sp³-hybridized carbons (Fsp3) is 0.0435. The average Bonchev–Trinajstić information content (AvgIpc) is 3.24. The number of rotatable bonds is 5. The Balaban J connectivity index is 1.88. The summed E-state index contributed by atoms with van der Waals surface area (Å²) in [5, 5.41) is 18.6. The lowest BCUT2D eigenvalue weighted by atomic mass is 10.0. The van der Waals surface area contributed by atoms with E-state index in [1.807, 2.05) is 36.4 Å². The van der Waals surface area contributed by atoms with E-state index in [9.17, 15) is 14.7 Å². The highest BCUT2D eigenvalue weighted by atomic mass is 16.5. The molecule has 148 valence electrons. The fourth-order valence-corrected chi connectivity index (χ4v) is 3.13. The SMILES string of the molecule is COC(=O)c1ccc(-n2nnc(C(=O)c3ccccc3)c2-c2ccccc2)cc1O. The van der Waals surface area contributed by atoms with E-state index in [0.29, 0.717) is 16.9 Å². The van der Waals surface area contributed by atoms with Crippen molar-refractivity contribution in [2.24, 2.45) is 0 Å². The third-order valence-corrected chi connectivity index (χ3v) is 4.60. The van der Waals surface area contributed by atoms with Gasteiger partial charge >= 0.3 is 5.97 Å². The molecule has 0 bridgehead atoms. The van der Waals surface area contributed by atoms with E-state index >= 15 is 0 Å². The predicted octanol–water partition coefficient (Wildman–Crippen LogP) is 3.66. The lowest BCUT2D eigenvalue weighted by Crippen LogP contribution is -2.06. The molecule has 0 aliphatic rings. The van der Waals surface area contributed by atoms with Crippen LogP contribution in [0, 0.1) is 0 Å². The number of carbonyl (C=O) groups is 2. The number of esters is 1. The molecule has 0 atom stereocenters. The van der Waals surface area contributed by atoms with Crippen LogP contribution in [0.4, 0.5) is 0 Å². The molecule has 4 rings (SSSR count). The average molecular weight is 399 g/mol. The number of carbonyl (C=O) groups excluding carboxylic acids is 2. The monoisotopic (exact) mass is 399 g/mol. The Morgan fingerprint density at radius 2 is 1.60 bits per heavy atom. The van der Waals surface area contributed by atoms with Crippen molar-refractivity contribution in [2.75, 3.05) is 7.11 Å². The fourth-order valence-electron chi connectivity index (χ4n) is 3.13. The van der Waals surface area contributed by atoms with E-state index in [4.69, 9.17) is 0 Å². The Morgan fingerprint density at radius 3 is 2.23 bits per heavy atom. The molecule has 0 saturated carbocycles. The quantitative estimate of drug-likeness (QED) is 0.407. The zero-order chi connectivity index (χ0) is 21.1. The Hall–Kier alpha value is -4.26. The molecular weight excluding hydrogens is 382 g/mol. The summed E-state index contributed by atoms with van der Waals surface area (Å²) in [6.07, 6.45) is 0. The van der Waals surface area contributed by atoms with Crippen molar-refractivity contribution < 1.29 is 19.4 Å². The molecule has 30 heavy (non-hydrogen) atoms. The predicted molar refractivity (Wildman–Crippen MR) is 110 cm³/mol. The third-order valence-electron chi connectivity index (χ3n) is 4.60. The maximum atomic E-state index is 13.1. The zero-order valence-corrected chi connectivity index (χ0v) is 16.0. The van der Waals surface area contributed by atoms with Crippen molar-refractivity contribution in [3.63, 3.8) is 0 Å². The van der Waals surface area contributed by atoms with E-state index in [0.717, 1.165) is 5.56 Å². The largest absolute Gasteiger partial charge is 0.507 e. The van der Waals surface area contributed by atoms with Gasteiger partial charge in [-0.15, -0.1) is 5.10 Å². The maximum Gasteiger partial charge on any atom is 0.341 e. The highest BCUT2D eigenvalue weighted by molar-refractivity contribution is 6.11. The number of aromatic nitrogens is 3. The number of ketones is 1. The van der Waals surface area contributed by atoms with Gasteiger partial charge < -0.3 is 9.84 Å². The van der Waals surface area contributed by atoms with Crippen LogP contribution >= 0.6 is 0 Å². The molecule has 0 radical (unpaired) electrons. The van der Waals surface area contributed by atoms with Gasteiger partial charge in [0.25, 0.3) is 0 Å². The summed E-state index contributed by atoms with van der Waals surface area (Å²) in [5.74, 6) is -1.18. The number of aromatic hydroxyl groups is 1. The van der Waals surface area contributed by atoms with Gasteiger partial charge in [-0.3, -0.25) is 4.79 Å². The van der Waals surface area contributed by atoms with Crippen molar-refractivity contribution in [1.82, 2.24) is 15.0 Å². The van der Waals surface area contributed by atoms with Crippen LogP contribution in [0.3, 0.4) is 0 Å². The minimum atomic E-state index is -0.652. The van der Waals surface area contributed by atoms with Crippen LogP contribution in [0.15, 0.2) is 78.9 Å². The van der Waals surface area contributed by atoms with Gasteiger partial charge in [-0.25, -0.2) is 9.48 Å². The van der Waals surface area contributed by atoms with Gasteiger partial charge in [-0.1, -0.05) is 65.9 Å². The number of hydrogen-bond donors (Lipinski definition) is 1. The Bertz CT molecular complexity index is 1220. The molecule has 0 aliphatic carbocycles. The summed E-state index contributed by atoms with van der Waals surface area (Å²) in [6.45, 7) is 0. The van der Waals surface area contributed by atoms with E-state index < -0.39 is 5.97 Å². The zero-order valence-electron chi connectivity index (χ0n) is 16.0. The van der Waals surface area contributed by atoms with E-state index in [-0.39, 0.29) is 22.8 Å². The summed E-state index contributed by atoms with van der Waals surface area (Å²) in [4.78, 5) is 24.9. The van der Waals surface area contributed by atoms with Gasteiger partial charge in [0, 0.05) is 17.2 Å². The van der Waals surface area contributed by atoms with Crippen LogP contribution in [0.2, 0.25) is 0 Å². The summed E-state index contributed by atoms with van der Waals surface area (Å²) in [6, 6.07) is 22.5. The van der Waals surface area contributed by atoms with Gasteiger partial charge in [-0.05, 0) is 12.1 Å². The molecule has 1 aromatic heterocycles. The second kappa shape index (κ2) is 8.00. The number of methoxy groups -OCH3 is 1. The lowest BCUT2D eigenvalue weighted by Gasteiger charge is -2.10. The summed E-state index contributed by atoms with van der Waals surface area (Å²) >= 11 is 0. The first-order valence-corrected chi connectivity index (χ1v) is 9.12. The van der Waals surface area contributed by atoms with Crippen molar-refractivity contribution in [3.8, 4) is 22.7 Å². The first-order chi connectivity index (χ1) is 14.6. The smallest absolute Gasteiger partial charge is 0.341 e. The molecule has 0 unspecified atom stereocenters. The minimum Gasteiger partial charge on any atom is -0.507 e. The normalized spacial score (nSPS) is 10.6. The molecule has 7 heteroatoms. The van der Waals surface area contributed by atoms with Gasteiger partial charge in [-0.2, -0.15) is 0 Å². The van der Waals surface area contributed by atoms with Gasteiger partial charge in [0.15, 0.2) is 5.69 Å². The number of phenolic OH excluding ortho intramolecular Hbond substituents is 1. The molecule has 0 fully saturated rings. The van der Waals surface area contributed by atoms with Gasteiger partial charge in [0.1, 0.15) is 17.0 Å². The van der Waals surface area contributed by atoms with E-state index in [1.165, 1.54) is 23.9 Å². The van der Waals surface area contributed by atoms with Crippen molar-refractivity contribution in [1.29, 1.82) is 0 Å². The molecule has 0 aliphatic heterocycles. The molecule has 0 spiro atoms.